The van der Waals surface area contributed by atoms with Crippen LogP contribution in [0.3, 0.4) is 0 Å². The van der Waals surface area contributed by atoms with Crippen molar-refractivity contribution in [2.75, 3.05) is 13.2 Å². The Morgan fingerprint density at radius 2 is 2.29 bits per heavy atom. The van der Waals surface area contributed by atoms with Crippen LogP contribution in [-0.2, 0) is 9.53 Å². The van der Waals surface area contributed by atoms with E-state index in [0.29, 0.717) is 19.6 Å². The SMILES string of the molecule is CCOCCCC(C(=O)O)c1cccc(Br)c1. The van der Waals surface area contributed by atoms with Crippen molar-refractivity contribution in [2.45, 2.75) is 25.7 Å². The van der Waals surface area contributed by atoms with Crippen LogP contribution < -0.4 is 0 Å². The monoisotopic (exact) mass is 300 g/mol. The molecule has 0 bridgehead atoms. The first kappa shape index (κ1) is 14.2. The van der Waals surface area contributed by atoms with E-state index >= 15 is 0 Å². The Labute approximate surface area is 110 Å². The molecule has 0 spiro atoms. The van der Waals surface area contributed by atoms with Gasteiger partial charge in [-0.3, -0.25) is 4.79 Å². The van der Waals surface area contributed by atoms with Crippen molar-refractivity contribution >= 4 is 21.9 Å². The van der Waals surface area contributed by atoms with Crippen LogP contribution in [0.2, 0.25) is 0 Å². The first-order chi connectivity index (χ1) is 8.15. The third-order valence-corrected chi connectivity index (χ3v) is 3.03. The molecule has 0 aliphatic carbocycles. The van der Waals surface area contributed by atoms with E-state index in [4.69, 9.17) is 4.74 Å². The number of rotatable bonds is 7. The lowest BCUT2D eigenvalue weighted by Gasteiger charge is -2.12. The first-order valence-electron chi connectivity index (χ1n) is 5.71. The maximum atomic E-state index is 11.2. The molecular weight excluding hydrogens is 284 g/mol. The fourth-order valence-electron chi connectivity index (χ4n) is 1.69. The van der Waals surface area contributed by atoms with E-state index in [1.165, 1.54) is 0 Å². The second kappa shape index (κ2) is 7.45. The van der Waals surface area contributed by atoms with Gasteiger partial charge >= 0.3 is 5.97 Å². The minimum atomic E-state index is -0.778. The molecule has 1 N–H and O–H groups in total. The predicted molar refractivity (Wildman–Crippen MR) is 70.2 cm³/mol. The van der Waals surface area contributed by atoms with Crippen LogP contribution >= 0.6 is 15.9 Å². The van der Waals surface area contributed by atoms with Crippen molar-refractivity contribution in [3.8, 4) is 0 Å². The standard InChI is InChI=1S/C13H17BrO3/c1-2-17-8-4-7-12(13(15)16)10-5-3-6-11(14)9-10/h3,5-6,9,12H,2,4,7-8H2,1H3,(H,15,16). The summed E-state index contributed by atoms with van der Waals surface area (Å²) in [5.74, 6) is -1.23. The molecule has 1 rings (SSSR count). The Morgan fingerprint density at radius 1 is 1.53 bits per heavy atom. The highest BCUT2D eigenvalue weighted by Crippen LogP contribution is 2.24. The number of carboxylic acids is 1. The lowest BCUT2D eigenvalue weighted by molar-refractivity contribution is -0.139. The second-order valence-corrected chi connectivity index (χ2v) is 4.70. The molecule has 0 radical (unpaired) electrons. The Balaban J connectivity index is 2.63. The van der Waals surface area contributed by atoms with Crippen LogP contribution in [0.15, 0.2) is 28.7 Å². The molecule has 17 heavy (non-hydrogen) atoms. The zero-order valence-electron chi connectivity index (χ0n) is 9.86. The maximum absolute atomic E-state index is 11.2. The van der Waals surface area contributed by atoms with Crippen LogP contribution in [0.25, 0.3) is 0 Å². The summed E-state index contributed by atoms with van der Waals surface area (Å²) in [7, 11) is 0. The fourth-order valence-corrected chi connectivity index (χ4v) is 2.11. The van der Waals surface area contributed by atoms with Gasteiger partial charge in [-0.2, -0.15) is 0 Å². The van der Waals surface area contributed by atoms with E-state index in [1.807, 2.05) is 31.2 Å². The van der Waals surface area contributed by atoms with Gasteiger partial charge in [0, 0.05) is 17.7 Å². The maximum Gasteiger partial charge on any atom is 0.310 e. The average molecular weight is 301 g/mol. The number of hydrogen-bond acceptors (Lipinski definition) is 2. The number of carboxylic acid groups (broad SMARTS) is 1. The van der Waals surface area contributed by atoms with Crippen LogP contribution in [0.5, 0.6) is 0 Å². The van der Waals surface area contributed by atoms with Crippen LogP contribution in [-0.4, -0.2) is 24.3 Å². The summed E-state index contributed by atoms with van der Waals surface area (Å²) in [6, 6.07) is 7.46. The molecule has 3 nitrogen and oxygen atoms in total. The molecule has 4 heteroatoms. The molecule has 1 aromatic rings. The topological polar surface area (TPSA) is 46.5 Å². The Bertz CT molecular complexity index is 365. The molecule has 94 valence electrons. The molecule has 0 heterocycles. The average Bonchev–Trinajstić information content (AvgIpc) is 2.28. The van der Waals surface area contributed by atoms with Crippen LogP contribution in [0, 0.1) is 0 Å². The van der Waals surface area contributed by atoms with Gasteiger partial charge in [0.2, 0.25) is 0 Å². The molecule has 0 aliphatic heterocycles. The number of hydrogen-bond donors (Lipinski definition) is 1. The van der Waals surface area contributed by atoms with E-state index in [2.05, 4.69) is 15.9 Å². The molecular formula is C13H17BrO3. The highest BCUT2D eigenvalue weighted by molar-refractivity contribution is 9.10. The highest BCUT2D eigenvalue weighted by Gasteiger charge is 2.19. The van der Waals surface area contributed by atoms with Crippen molar-refractivity contribution in [3.05, 3.63) is 34.3 Å². The minimum absolute atomic E-state index is 0.451. The molecule has 0 saturated carbocycles. The summed E-state index contributed by atoms with van der Waals surface area (Å²) in [5.41, 5.74) is 0.836. The van der Waals surface area contributed by atoms with E-state index in [0.717, 1.165) is 16.5 Å². The molecule has 0 aromatic heterocycles. The smallest absolute Gasteiger partial charge is 0.310 e. The van der Waals surface area contributed by atoms with Gasteiger partial charge in [-0.1, -0.05) is 28.1 Å². The third-order valence-electron chi connectivity index (χ3n) is 2.53. The van der Waals surface area contributed by atoms with E-state index < -0.39 is 11.9 Å². The van der Waals surface area contributed by atoms with Crippen molar-refractivity contribution in [1.29, 1.82) is 0 Å². The third kappa shape index (κ3) is 4.88. The molecule has 1 atom stereocenters. The fraction of sp³-hybridized carbons (Fsp3) is 0.462. The lowest BCUT2D eigenvalue weighted by Crippen LogP contribution is -2.12. The summed E-state index contributed by atoms with van der Waals surface area (Å²) >= 11 is 3.35. The van der Waals surface area contributed by atoms with Gasteiger partial charge in [0.1, 0.15) is 0 Å². The van der Waals surface area contributed by atoms with Crippen molar-refractivity contribution < 1.29 is 14.6 Å². The van der Waals surface area contributed by atoms with Gasteiger partial charge in [0.15, 0.2) is 0 Å². The number of halogens is 1. The van der Waals surface area contributed by atoms with Gasteiger partial charge in [0.25, 0.3) is 0 Å². The van der Waals surface area contributed by atoms with Gasteiger partial charge < -0.3 is 9.84 Å². The molecule has 1 aromatic carbocycles. The van der Waals surface area contributed by atoms with Gasteiger partial charge in [-0.25, -0.2) is 0 Å². The van der Waals surface area contributed by atoms with Crippen molar-refractivity contribution in [1.82, 2.24) is 0 Å². The number of aliphatic carboxylic acids is 1. The van der Waals surface area contributed by atoms with Crippen LogP contribution in [0.1, 0.15) is 31.2 Å². The molecule has 0 amide bonds. The van der Waals surface area contributed by atoms with Crippen molar-refractivity contribution in [3.63, 3.8) is 0 Å². The second-order valence-electron chi connectivity index (χ2n) is 3.78. The zero-order valence-corrected chi connectivity index (χ0v) is 11.4. The summed E-state index contributed by atoms with van der Waals surface area (Å²) in [4.78, 5) is 11.2. The van der Waals surface area contributed by atoms with E-state index in [9.17, 15) is 9.90 Å². The normalized spacial score (nSPS) is 12.4. The molecule has 0 saturated heterocycles. The molecule has 1 unspecified atom stereocenters. The highest BCUT2D eigenvalue weighted by atomic mass is 79.9. The quantitative estimate of drug-likeness (QED) is 0.785. The van der Waals surface area contributed by atoms with Gasteiger partial charge in [0.05, 0.1) is 5.92 Å². The van der Waals surface area contributed by atoms with E-state index in [1.54, 1.807) is 0 Å². The van der Waals surface area contributed by atoms with Crippen LogP contribution in [0.4, 0.5) is 0 Å². The first-order valence-corrected chi connectivity index (χ1v) is 6.50. The minimum Gasteiger partial charge on any atom is -0.481 e. The Kier molecular flexibility index (Phi) is 6.22. The number of carbonyl (C=O) groups is 1. The van der Waals surface area contributed by atoms with Gasteiger partial charge in [-0.05, 0) is 37.5 Å². The zero-order chi connectivity index (χ0) is 12.7. The van der Waals surface area contributed by atoms with Gasteiger partial charge in [-0.15, -0.1) is 0 Å². The summed E-state index contributed by atoms with van der Waals surface area (Å²) in [6.45, 7) is 3.23. The summed E-state index contributed by atoms with van der Waals surface area (Å²) < 4.78 is 6.13. The molecule has 0 aliphatic rings. The largest absolute Gasteiger partial charge is 0.481 e. The van der Waals surface area contributed by atoms with E-state index in [-0.39, 0.29) is 0 Å². The number of benzene rings is 1. The Hall–Kier alpha value is -0.870. The lowest BCUT2D eigenvalue weighted by atomic mass is 9.94. The van der Waals surface area contributed by atoms with Crippen molar-refractivity contribution in [2.24, 2.45) is 0 Å². The Morgan fingerprint density at radius 3 is 2.88 bits per heavy atom. The summed E-state index contributed by atoms with van der Waals surface area (Å²) in [6.07, 6.45) is 1.36. The predicted octanol–water partition coefficient (Wildman–Crippen LogP) is 3.43. The number of ether oxygens (including phenoxy) is 1. The molecule has 0 fully saturated rings. The summed E-state index contributed by atoms with van der Waals surface area (Å²) in [5, 5.41) is 9.22.